The van der Waals surface area contributed by atoms with Crippen molar-refractivity contribution < 1.29 is 4.92 Å². The van der Waals surface area contributed by atoms with Crippen LogP contribution in [0.5, 0.6) is 0 Å². The molecular weight excluding hydrogens is 194 g/mol. The fourth-order valence-corrected chi connectivity index (χ4v) is 1.41. The lowest BCUT2D eigenvalue weighted by Crippen LogP contribution is -2.11. The van der Waals surface area contributed by atoms with Crippen LogP contribution < -0.4 is 5.32 Å². The van der Waals surface area contributed by atoms with E-state index < -0.39 is 0 Å². The maximum atomic E-state index is 10.7. The van der Waals surface area contributed by atoms with Crippen molar-refractivity contribution in [3.05, 3.63) is 33.9 Å². The summed E-state index contributed by atoms with van der Waals surface area (Å²) in [7, 11) is 5.60. The molecule has 0 radical (unpaired) electrons. The third-order valence-corrected chi connectivity index (χ3v) is 2.03. The highest BCUT2D eigenvalue weighted by atomic mass is 16.6. The normalized spacial score (nSPS) is 10.4. The van der Waals surface area contributed by atoms with Crippen LogP contribution in [-0.2, 0) is 6.54 Å². The molecule has 0 saturated heterocycles. The van der Waals surface area contributed by atoms with E-state index in [4.69, 9.17) is 0 Å². The van der Waals surface area contributed by atoms with Gasteiger partial charge in [0.2, 0.25) is 0 Å². The van der Waals surface area contributed by atoms with Gasteiger partial charge in [-0.3, -0.25) is 10.1 Å². The van der Waals surface area contributed by atoms with Crippen molar-refractivity contribution in [1.29, 1.82) is 0 Å². The van der Waals surface area contributed by atoms with Gasteiger partial charge < -0.3 is 10.2 Å². The van der Waals surface area contributed by atoms with E-state index in [9.17, 15) is 10.1 Å². The Labute approximate surface area is 88.9 Å². The van der Waals surface area contributed by atoms with Crippen LogP contribution in [0.2, 0.25) is 0 Å². The predicted octanol–water partition coefficient (Wildman–Crippen LogP) is 1.70. The summed E-state index contributed by atoms with van der Waals surface area (Å²) in [6, 6.07) is 5.11. The van der Waals surface area contributed by atoms with Gasteiger partial charge in [0, 0.05) is 19.7 Å². The minimum Gasteiger partial charge on any atom is -0.383 e. The molecule has 0 heterocycles. The number of rotatable bonds is 4. The second-order valence-corrected chi connectivity index (χ2v) is 3.60. The zero-order chi connectivity index (χ0) is 11.4. The Morgan fingerprint density at radius 3 is 2.60 bits per heavy atom. The van der Waals surface area contributed by atoms with Crippen molar-refractivity contribution in [2.45, 2.75) is 6.54 Å². The molecule has 0 unspecified atom stereocenters. The summed E-state index contributed by atoms with van der Waals surface area (Å²) in [6.07, 6.45) is 0. The second kappa shape index (κ2) is 4.75. The summed E-state index contributed by atoms with van der Waals surface area (Å²) in [5.41, 5.74) is 1.72. The molecule has 0 aliphatic carbocycles. The Kier molecular flexibility index (Phi) is 3.62. The molecule has 1 aromatic carbocycles. The van der Waals surface area contributed by atoms with Crippen LogP contribution in [0.25, 0.3) is 0 Å². The SMILES string of the molecule is CNc1cc(CN(C)C)ccc1[N+](=O)[O-]. The second-order valence-electron chi connectivity index (χ2n) is 3.60. The molecule has 5 heteroatoms. The first kappa shape index (κ1) is 11.5. The summed E-state index contributed by atoms with van der Waals surface area (Å²) in [5, 5.41) is 13.5. The largest absolute Gasteiger partial charge is 0.383 e. The number of hydrogen-bond donors (Lipinski definition) is 1. The molecule has 0 saturated carbocycles. The number of nitrogens with one attached hydrogen (secondary N) is 1. The molecule has 1 aromatic rings. The van der Waals surface area contributed by atoms with Gasteiger partial charge in [0.25, 0.3) is 5.69 Å². The van der Waals surface area contributed by atoms with Gasteiger partial charge in [0.05, 0.1) is 4.92 Å². The molecule has 0 fully saturated rings. The molecule has 0 atom stereocenters. The molecule has 0 aliphatic rings. The first-order valence-electron chi connectivity index (χ1n) is 4.64. The van der Waals surface area contributed by atoms with Crippen LogP contribution in [-0.4, -0.2) is 31.0 Å². The third-order valence-electron chi connectivity index (χ3n) is 2.03. The first-order chi connectivity index (χ1) is 7.04. The monoisotopic (exact) mass is 209 g/mol. The van der Waals surface area contributed by atoms with E-state index >= 15 is 0 Å². The van der Waals surface area contributed by atoms with Crippen molar-refractivity contribution in [3.8, 4) is 0 Å². The maximum absolute atomic E-state index is 10.7. The molecule has 1 rings (SSSR count). The number of benzene rings is 1. The topological polar surface area (TPSA) is 58.4 Å². The zero-order valence-electron chi connectivity index (χ0n) is 9.15. The van der Waals surface area contributed by atoms with Crippen LogP contribution in [0.3, 0.4) is 0 Å². The van der Waals surface area contributed by atoms with Gasteiger partial charge in [-0.25, -0.2) is 0 Å². The van der Waals surface area contributed by atoms with Gasteiger partial charge >= 0.3 is 0 Å². The number of hydrogen-bond acceptors (Lipinski definition) is 4. The Morgan fingerprint density at radius 1 is 1.47 bits per heavy atom. The standard InChI is InChI=1S/C10H15N3O2/c1-11-9-6-8(7-12(2)3)4-5-10(9)13(14)15/h4-6,11H,7H2,1-3H3. The van der Waals surface area contributed by atoms with Gasteiger partial charge in [-0.15, -0.1) is 0 Å². The van der Waals surface area contributed by atoms with E-state index in [0.29, 0.717) is 5.69 Å². The van der Waals surface area contributed by atoms with Crippen LogP contribution in [0, 0.1) is 10.1 Å². The fraction of sp³-hybridized carbons (Fsp3) is 0.400. The smallest absolute Gasteiger partial charge is 0.292 e. The van der Waals surface area contributed by atoms with Crippen LogP contribution in [0.1, 0.15) is 5.56 Å². The molecule has 0 aliphatic heterocycles. The molecule has 15 heavy (non-hydrogen) atoms. The van der Waals surface area contributed by atoms with Crippen LogP contribution in [0.15, 0.2) is 18.2 Å². The molecule has 0 spiro atoms. The minimum atomic E-state index is -0.384. The molecule has 1 N–H and O–H groups in total. The molecule has 82 valence electrons. The molecule has 0 bridgehead atoms. The lowest BCUT2D eigenvalue weighted by Gasteiger charge is -2.10. The van der Waals surface area contributed by atoms with Crippen LogP contribution >= 0.6 is 0 Å². The zero-order valence-corrected chi connectivity index (χ0v) is 9.15. The summed E-state index contributed by atoms with van der Waals surface area (Å²) in [4.78, 5) is 12.3. The third kappa shape index (κ3) is 2.92. The summed E-state index contributed by atoms with van der Waals surface area (Å²) < 4.78 is 0. The number of nitro benzene ring substituents is 1. The number of nitro groups is 1. The quantitative estimate of drug-likeness (QED) is 0.605. The van der Waals surface area contributed by atoms with E-state index in [-0.39, 0.29) is 10.6 Å². The highest BCUT2D eigenvalue weighted by Gasteiger charge is 2.12. The van der Waals surface area contributed by atoms with E-state index in [1.165, 1.54) is 6.07 Å². The summed E-state index contributed by atoms with van der Waals surface area (Å²) >= 11 is 0. The highest BCUT2D eigenvalue weighted by molar-refractivity contribution is 5.62. The van der Waals surface area contributed by atoms with E-state index in [1.807, 2.05) is 19.0 Å². The molecule has 0 amide bonds. The first-order valence-corrected chi connectivity index (χ1v) is 4.64. The number of nitrogens with zero attached hydrogens (tertiary/aromatic N) is 2. The van der Waals surface area contributed by atoms with Gasteiger partial charge in [-0.2, -0.15) is 0 Å². The van der Waals surface area contributed by atoms with E-state index in [2.05, 4.69) is 5.32 Å². The van der Waals surface area contributed by atoms with Crippen molar-refractivity contribution in [3.63, 3.8) is 0 Å². The van der Waals surface area contributed by atoms with Crippen molar-refractivity contribution in [2.75, 3.05) is 26.5 Å². The van der Waals surface area contributed by atoms with Gasteiger partial charge in [0.1, 0.15) is 5.69 Å². The fourth-order valence-electron chi connectivity index (χ4n) is 1.41. The van der Waals surface area contributed by atoms with Crippen molar-refractivity contribution >= 4 is 11.4 Å². The van der Waals surface area contributed by atoms with Crippen LogP contribution in [0.4, 0.5) is 11.4 Å². The van der Waals surface area contributed by atoms with Gasteiger partial charge in [-0.1, -0.05) is 6.07 Å². The lowest BCUT2D eigenvalue weighted by molar-refractivity contribution is -0.384. The number of anilines is 1. The Bertz CT molecular complexity index is 364. The van der Waals surface area contributed by atoms with E-state index in [0.717, 1.165) is 12.1 Å². The molecule has 0 aromatic heterocycles. The van der Waals surface area contributed by atoms with Crippen molar-refractivity contribution in [2.24, 2.45) is 0 Å². The predicted molar refractivity (Wildman–Crippen MR) is 60.0 cm³/mol. The molecule has 5 nitrogen and oxygen atoms in total. The average Bonchev–Trinajstić information content (AvgIpc) is 2.16. The Balaban J connectivity index is 3.02. The maximum Gasteiger partial charge on any atom is 0.292 e. The average molecular weight is 209 g/mol. The minimum absolute atomic E-state index is 0.111. The molecular formula is C10H15N3O2. The highest BCUT2D eigenvalue weighted by Crippen LogP contribution is 2.25. The van der Waals surface area contributed by atoms with Gasteiger partial charge in [0.15, 0.2) is 0 Å². The Morgan fingerprint density at radius 2 is 2.13 bits per heavy atom. The summed E-state index contributed by atoms with van der Waals surface area (Å²) in [5.74, 6) is 0. The lowest BCUT2D eigenvalue weighted by atomic mass is 10.1. The van der Waals surface area contributed by atoms with E-state index in [1.54, 1.807) is 19.2 Å². The summed E-state index contributed by atoms with van der Waals surface area (Å²) in [6.45, 7) is 0.771. The Hall–Kier alpha value is -1.62. The van der Waals surface area contributed by atoms with Crippen molar-refractivity contribution in [1.82, 2.24) is 4.90 Å². The van der Waals surface area contributed by atoms with Gasteiger partial charge in [-0.05, 0) is 25.7 Å².